The number of aromatic nitrogens is 2. The van der Waals surface area contributed by atoms with Crippen molar-refractivity contribution in [3.63, 3.8) is 0 Å². The minimum atomic E-state index is 0. The van der Waals surface area contributed by atoms with Crippen molar-refractivity contribution in [1.82, 2.24) is 24.5 Å². The number of carbonyl (C=O) groups excluding carboxylic acids is 1. The Morgan fingerprint density at radius 1 is 0.917 bits per heavy atom. The van der Waals surface area contributed by atoms with Crippen molar-refractivity contribution in [2.24, 2.45) is 0 Å². The third-order valence-corrected chi connectivity index (χ3v) is 7.47. The molecule has 0 bridgehead atoms. The lowest BCUT2D eigenvalue weighted by atomic mass is 10.1. The number of imidazole rings is 1. The van der Waals surface area contributed by atoms with Gasteiger partial charge in [0.25, 0.3) is 5.91 Å². The Labute approximate surface area is 236 Å². The minimum absolute atomic E-state index is 0. The summed E-state index contributed by atoms with van der Waals surface area (Å²) in [5, 5.41) is 4.15. The van der Waals surface area contributed by atoms with E-state index in [4.69, 9.17) is 0 Å². The molecular weight excluding hydrogens is 537 g/mol. The Hall–Kier alpha value is -1.74. The molecule has 1 fully saturated rings. The monoisotopic (exact) mass is 569 g/mol. The van der Waals surface area contributed by atoms with Gasteiger partial charge >= 0.3 is 0 Å². The highest BCUT2D eigenvalue weighted by Crippen LogP contribution is 2.34. The molecule has 0 spiro atoms. The summed E-state index contributed by atoms with van der Waals surface area (Å²) in [6.07, 6.45) is 7.07. The zero-order chi connectivity index (χ0) is 22.5. The molecule has 2 aliphatic heterocycles. The first-order valence-electron chi connectivity index (χ1n) is 11.9. The maximum atomic E-state index is 12.7. The molecule has 0 atom stereocenters. The third-order valence-electron chi connectivity index (χ3n) is 6.42. The van der Waals surface area contributed by atoms with Crippen LogP contribution in [0.5, 0.6) is 0 Å². The van der Waals surface area contributed by atoms with E-state index >= 15 is 0 Å². The molecule has 10 heteroatoms. The van der Waals surface area contributed by atoms with Gasteiger partial charge in [0, 0.05) is 26.2 Å². The van der Waals surface area contributed by atoms with Crippen LogP contribution < -0.4 is 5.32 Å². The van der Waals surface area contributed by atoms with E-state index in [2.05, 4.69) is 54.8 Å². The third kappa shape index (κ3) is 7.63. The molecule has 0 radical (unpaired) electrons. The first kappa shape index (κ1) is 30.5. The molecule has 1 N–H and O–H groups in total. The molecule has 36 heavy (non-hydrogen) atoms. The largest absolute Gasteiger partial charge is 0.352 e. The summed E-state index contributed by atoms with van der Waals surface area (Å²) in [5.74, 6) is 0.00686. The number of amides is 1. The van der Waals surface area contributed by atoms with E-state index in [1.165, 1.54) is 30.3 Å². The number of thioether (sulfide) groups is 1. The van der Waals surface area contributed by atoms with E-state index in [1.807, 2.05) is 30.5 Å². The summed E-state index contributed by atoms with van der Waals surface area (Å²) in [7, 11) is 0. The molecule has 2 aromatic heterocycles. The first-order valence-corrected chi connectivity index (χ1v) is 12.7. The van der Waals surface area contributed by atoms with Crippen LogP contribution in [0.3, 0.4) is 0 Å². The van der Waals surface area contributed by atoms with Crippen LogP contribution in [0.15, 0.2) is 64.7 Å². The number of hydrogen-bond donors (Lipinski definition) is 1. The Morgan fingerprint density at radius 2 is 1.67 bits per heavy atom. The zero-order valence-electron chi connectivity index (χ0n) is 20.2. The van der Waals surface area contributed by atoms with Gasteiger partial charge in [-0.3, -0.25) is 9.20 Å². The molecule has 2 aliphatic rings. The maximum absolute atomic E-state index is 12.7. The van der Waals surface area contributed by atoms with Crippen LogP contribution in [-0.2, 0) is 11.2 Å². The normalized spacial score (nSPS) is 15.6. The molecule has 1 aromatic carbocycles. The van der Waals surface area contributed by atoms with Crippen LogP contribution >= 0.6 is 49.0 Å². The summed E-state index contributed by atoms with van der Waals surface area (Å²) in [4.78, 5) is 23.0. The number of rotatable bonds is 8. The molecule has 1 amide bonds. The molecule has 1 saturated heterocycles. The second-order valence-electron chi connectivity index (χ2n) is 8.73. The lowest BCUT2D eigenvalue weighted by Crippen LogP contribution is -2.34. The van der Waals surface area contributed by atoms with Gasteiger partial charge in [0.1, 0.15) is 5.65 Å². The zero-order valence-corrected chi connectivity index (χ0v) is 23.4. The fourth-order valence-electron chi connectivity index (χ4n) is 4.59. The van der Waals surface area contributed by atoms with Crippen LogP contribution in [0.2, 0.25) is 0 Å². The van der Waals surface area contributed by atoms with Crippen LogP contribution in [0.1, 0.15) is 24.1 Å². The average molecular weight is 571 g/mol. The molecule has 4 heterocycles. The Bertz CT molecular complexity index is 1140. The van der Waals surface area contributed by atoms with Gasteiger partial charge in [0.15, 0.2) is 0 Å². The highest BCUT2D eigenvalue weighted by molar-refractivity contribution is 8.04. The maximum Gasteiger partial charge on any atom is 0.258 e. The number of nitrogens with zero attached hydrogens (tertiary/aromatic N) is 4. The highest BCUT2D eigenvalue weighted by Gasteiger charge is 2.20. The first-order chi connectivity index (χ1) is 16.3. The van der Waals surface area contributed by atoms with E-state index < -0.39 is 0 Å². The van der Waals surface area contributed by atoms with Gasteiger partial charge in [-0.1, -0.05) is 48.2 Å². The lowest BCUT2D eigenvalue weighted by Gasteiger charge is -2.22. The number of pyridine rings is 1. The molecule has 0 aliphatic carbocycles. The van der Waals surface area contributed by atoms with Crippen molar-refractivity contribution in [2.75, 3.05) is 45.8 Å². The van der Waals surface area contributed by atoms with Crippen molar-refractivity contribution in [3.05, 3.63) is 70.9 Å². The summed E-state index contributed by atoms with van der Waals surface area (Å²) in [6, 6.07) is 16.8. The van der Waals surface area contributed by atoms with Crippen LogP contribution in [-0.4, -0.2) is 70.9 Å². The van der Waals surface area contributed by atoms with Crippen LogP contribution in [0.4, 0.5) is 0 Å². The van der Waals surface area contributed by atoms with E-state index in [9.17, 15) is 4.79 Å². The van der Waals surface area contributed by atoms with Gasteiger partial charge in [-0.25, -0.2) is 4.98 Å². The summed E-state index contributed by atoms with van der Waals surface area (Å²) < 4.78 is 2.09. The topological polar surface area (TPSA) is 52.9 Å². The number of benzene rings is 1. The van der Waals surface area contributed by atoms with Gasteiger partial charge in [0.2, 0.25) is 0 Å². The van der Waals surface area contributed by atoms with Gasteiger partial charge < -0.3 is 15.1 Å². The van der Waals surface area contributed by atoms with Gasteiger partial charge in [-0.05, 0) is 62.7 Å². The Morgan fingerprint density at radius 3 is 2.44 bits per heavy atom. The summed E-state index contributed by atoms with van der Waals surface area (Å²) in [5.41, 5.74) is 3.30. The minimum Gasteiger partial charge on any atom is -0.352 e. The van der Waals surface area contributed by atoms with Crippen LogP contribution in [0, 0.1) is 0 Å². The van der Waals surface area contributed by atoms with Crippen molar-refractivity contribution in [1.29, 1.82) is 0 Å². The fraction of sp³-hybridized carbons (Fsp3) is 0.385. The second-order valence-corrected chi connectivity index (χ2v) is 9.80. The molecular formula is C26H34Cl3N5OS. The molecule has 0 saturated carbocycles. The van der Waals surface area contributed by atoms with Gasteiger partial charge in [0.05, 0.1) is 21.8 Å². The average Bonchev–Trinajstić information content (AvgIpc) is 3.13. The smallest absolute Gasteiger partial charge is 0.258 e. The van der Waals surface area contributed by atoms with E-state index in [-0.39, 0.29) is 43.1 Å². The van der Waals surface area contributed by atoms with Crippen LogP contribution in [0.25, 0.3) is 11.7 Å². The molecule has 6 nitrogen and oxygen atoms in total. The van der Waals surface area contributed by atoms with Gasteiger partial charge in [-0.2, -0.15) is 0 Å². The SMILES string of the molecule is Cl.Cl.Cl.O=C(NCCCN1CCCN(CCc2ccccc2)CC1)C1=Cc2cnc3cccc(n23)S1. The second kappa shape index (κ2) is 14.9. The Balaban J connectivity index is 0.00000152. The van der Waals surface area contributed by atoms with Crippen molar-refractivity contribution in [3.8, 4) is 0 Å². The number of nitrogens with one attached hydrogen (secondary N) is 1. The quantitative estimate of drug-likeness (QED) is 0.394. The number of carbonyl (C=O) groups is 1. The Kier molecular flexibility index (Phi) is 12.6. The predicted molar refractivity (Wildman–Crippen MR) is 156 cm³/mol. The molecule has 5 rings (SSSR count). The van der Waals surface area contributed by atoms with Gasteiger partial charge in [-0.15, -0.1) is 37.2 Å². The molecule has 3 aromatic rings. The fourth-order valence-corrected chi connectivity index (χ4v) is 5.60. The predicted octanol–water partition coefficient (Wildman–Crippen LogP) is 4.80. The van der Waals surface area contributed by atoms with Crippen molar-refractivity contribution < 1.29 is 4.79 Å². The van der Waals surface area contributed by atoms with Crippen molar-refractivity contribution in [2.45, 2.75) is 24.3 Å². The lowest BCUT2D eigenvalue weighted by molar-refractivity contribution is -0.116. The number of halogens is 3. The highest BCUT2D eigenvalue weighted by atomic mass is 35.5. The summed E-state index contributed by atoms with van der Waals surface area (Å²) >= 11 is 1.51. The van der Waals surface area contributed by atoms with Crippen molar-refractivity contribution >= 4 is 66.6 Å². The number of hydrogen-bond acceptors (Lipinski definition) is 5. The van der Waals surface area contributed by atoms with E-state index in [0.29, 0.717) is 6.54 Å². The molecule has 0 unspecified atom stereocenters. The standard InChI is InChI=1S/C26H31N5OS.3ClH/c32-26(23-19-22-20-28-24-9-4-10-25(33-23)31(22)24)27-12-5-13-29-14-6-15-30(18-17-29)16-11-21-7-2-1-3-8-21;;;/h1-4,7-10,19-20H,5-6,11-18H2,(H,27,32);3*1H. The van der Waals surface area contributed by atoms with E-state index in [1.54, 1.807) is 0 Å². The summed E-state index contributed by atoms with van der Waals surface area (Å²) in [6.45, 7) is 7.42. The van der Waals surface area contributed by atoms with E-state index in [0.717, 1.165) is 66.8 Å². The molecule has 196 valence electrons.